The summed E-state index contributed by atoms with van der Waals surface area (Å²) in [7, 11) is 0. The molecule has 130 valence electrons. The summed E-state index contributed by atoms with van der Waals surface area (Å²) in [5.41, 5.74) is 9.42. The van der Waals surface area contributed by atoms with E-state index in [9.17, 15) is 0 Å². The fourth-order valence-electron chi connectivity index (χ4n) is 2.65. The number of anilines is 1. The molecule has 0 aliphatic heterocycles. The SMILES string of the molecule is CCCCNCCCc1ccc(OCCc2ccccc2)c(N)c1. The number of ether oxygens (including phenoxy) is 1. The van der Waals surface area contributed by atoms with Crippen LogP contribution in [0.15, 0.2) is 48.5 Å². The van der Waals surface area contributed by atoms with Crippen LogP contribution in [0.25, 0.3) is 0 Å². The third-order valence-electron chi connectivity index (χ3n) is 4.09. The van der Waals surface area contributed by atoms with E-state index in [-0.39, 0.29) is 0 Å². The molecule has 0 atom stereocenters. The monoisotopic (exact) mass is 326 g/mol. The molecule has 0 radical (unpaired) electrons. The number of benzene rings is 2. The minimum Gasteiger partial charge on any atom is -0.491 e. The van der Waals surface area contributed by atoms with Crippen LogP contribution in [0.2, 0.25) is 0 Å². The van der Waals surface area contributed by atoms with Crippen molar-refractivity contribution in [2.75, 3.05) is 25.4 Å². The third-order valence-corrected chi connectivity index (χ3v) is 4.09. The molecule has 0 aliphatic carbocycles. The van der Waals surface area contributed by atoms with E-state index in [0.29, 0.717) is 6.61 Å². The van der Waals surface area contributed by atoms with Crippen LogP contribution in [-0.4, -0.2) is 19.7 Å². The van der Waals surface area contributed by atoms with Crippen molar-refractivity contribution < 1.29 is 4.74 Å². The highest BCUT2D eigenvalue weighted by atomic mass is 16.5. The first-order chi connectivity index (χ1) is 11.8. The van der Waals surface area contributed by atoms with Gasteiger partial charge in [-0.05, 0) is 55.6 Å². The Morgan fingerprint density at radius 1 is 0.917 bits per heavy atom. The molecule has 2 aromatic rings. The fourth-order valence-corrected chi connectivity index (χ4v) is 2.65. The molecule has 0 saturated carbocycles. The van der Waals surface area contributed by atoms with Gasteiger partial charge in [0.05, 0.1) is 12.3 Å². The predicted octanol–water partition coefficient (Wildman–Crippen LogP) is 4.21. The van der Waals surface area contributed by atoms with Crippen LogP contribution in [0, 0.1) is 0 Å². The molecule has 0 bridgehead atoms. The number of nitrogen functional groups attached to an aromatic ring is 1. The summed E-state index contributed by atoms with van der Waals surface area (Å²) >= 11 is 0. The largest absolute Gasteiger partial charge is 0.491 e. The molecule has 0 spiro atoms. The quantitative estimate of drug-likeness (QED) is 0.480. The van der Waals surface area contributed by atoms with Crippen molar-refractivity contribution in [3.63, 3.8) is 0 Å². The van der Waals surface area contributed by atoms with Gasteiger partial charge in [0.2, 0.25) is 0 Å². The Labute approximate surface area is 146 Å². The first kappa shape index (κ1) is 18.3. The number of nitrogens with two attached hydrogens (primary N) is 1. The fraction of sp³-hybridized carbons (Fsp3) is 0.429. The summed E-state index contributed by atoms with van der Waals surface area (Å²) in [5, 5.41) is 3.47. The first-order valence-corrected chi connectivity index (χ1v) is 9.05. The van der Waals surface area contributed by atoms with Crippen molar-refractivity contribution in [1.29, 1.82) is 0 Å². The van der Waals surface area contributed by atoms with Crippen LogP contribution >= 0.6 is 0 Å². The van der Waals surface area contributed by atoms with Gasteiger partial charge in [0.15, 0.2) is 0 Å². The summed E-state index contributed by atoms with van der Waals surface area (Å²) in [6.45, 7) is 5.05. The van der Waals surface area contributed by atoms with E-state index in [0.717, 1.165) is 43.8 Å². The van der Waals surface area contributed by atoms with E-state index in [1.54, 1.807) is 0 Å². The van der Waals surface area contributed by atoms with Gasteiger partial charge in [-0.3, -0.25) is 0 Å². The molecule has 0 amide bonds. The Morgan fingerprint density at radius 3 is 2.46 bits per heavy atom. The van der Waals surface area contributed by atoms with Crippen LogP contribution in [0.4, 0.5) is 5.69 Å². The van der Waals surface area contributed by atoms with E-state index in [1.165, 1.54) is 24.0 Å². The lowest BCUT2D eigenvalue weighted by molar-refractivity contribution is 0.323. The molecule has 3 nitrogen and oxygen atoms in total. The zero-order valence-corrected chi connectivity index (χ0v) is 14.8. The van der Waals surface area contributed by atoms with Gasteiger partial charge in [-0.25, -0.2) is 0 Å². The highest BCUT2D eigenvalue weighted by Gasteiger charge is 2.03. The van der Waals surface area contributed by atoms with Crippen molar-refractivity contribution in [3.8, 4) is 5.75 Å². The number of unbranched alkanes of at least 4 members (excludes halogenated alkanes) is 1. The molecule has 0 fully saturated rings. The Kier molecular flexibility index (Phi) is 8.19. The predicted molar refractivity (Wildman–Crippen MR) is 103 cm³/mol. The average Bonchev–Trinajstić information content (AvgIpc) is 2.61. The van der Waals surface area contributed by atoms with Gasteiger partial charge in [-0.2, -0.15) is 0 Å². The van der Waals surface area contributed by atoms with Crippen molar-refractivity contribution in [2.24, 2.45) is 0 Å². The number of rotatable bonds is 11. The number of hydrogen-bond acceptors (Lipinski definition) is 3. The van der Waals surface area contributed by atoms with Gasteiger partial charge in [0, 0.05) is 6.42 Å². The first-order valence-electron chi connectivity index (χ1n) is 9.05. The lowest BCUT2D eigenvalue weighted by Crippen LogP contribution is -2.16. The van der Waals surface area contributed by atoms with E-state index in [4.69, 9.17) is 10.5 Å². The molecule has 0 heterocycles. The molecule has 0 aromatic heterocycles. The van der Waals surface area contributed by atoms with Gasteiger partial charge in [0.1, 0.15) is 5.75 Å². The second kappa shape index (κ2) is 10.7. The maximum absolute atomic E-state index is 6.13. The molecule has 3 heteroatoms. The Hall–Kier alpha value is -2.00. The normalized spacial score (nSPS) is 10.7. The number of aryl methyl sites for hydroxylation is 1. The smallest absolute Gasteiger partial charge is 0.142 e. The zero-order valence-electron chi connectivity index (χ0n) is 14.8. The minimum absolute atomic E-state index is 0.648. The molecule has 0 unspecified atom stereocenters. The van der Waals surface area contributed by atoms with Crippen molar-refractivity contribution >= 4 is 5.69 Å². The van der Waals surface area contributed by atoms with E-state index >= 15 is 0 Å². The molecule has 2 rings (SSSR count). The molecule has 0 aliphatic rings. The standard InChI is InChI=1S/C21H30N2O/c1-2-3-14-23-15-7-10-19-11-12-21(20(22)17-19)24-16-13-18-8-5-4-6-9-18/h4-6,8-9,11-12,17,23H,2-3,7,10,13-16,22H2,1H3. The van der Waals surface area contributed by atoms with Crippen LogP contribution < -0.4 is 15.8 Å². The zero-order chi connectivity index (χ0) is 17.0. The van der Waals surface area contributed by atoms with Crippen LogP contribution in [0.1, 0.15) is 37.3 Å². The lowest BCUT2D eigenvalue weighted by atomic mass is 10.1. The molecule has 3 N–H and O–H groups in total. The van der Waals surface area contributed by atoms with Crippen molar-refractivity contribution in [3.05, 3.63) is 59.7 Å². The summed E-state index contributed by atoms with van der Waals surface area (Å²) in [4.78, 5) is 0. The Morgan fingerprint density at radius 2 is 1.71 bits per heavy atom. The summed E-state index contributed by atoms with van der Waals surface area (Å²) < 4.78 is 5.83. The van der Waals surface area contributed by atoms with Gasteiger partial charge >= 0.3 is 0 Å². The van der Waals surface area contributed by atoms with Crippen LogP contribution in [-0.2, 0) is 12.8 Å². The summed E-state index contributed by atoms with van der Waals surface area (Å²) in [6, 6.07) is 16.5. The Bertz CT molecular complexity index is 584. The maximum Gasteiger partial charge on any atom is 0.142 e. The highest BCUT2D eigenvalue weighted by molar-refractivity contribution is 5.54. The topological polar surface area (TPSA) is 47.3 Å². The second-order valence-corrected chi connectivity index (χ2v) is 6.16. The Balaban J connectivity index is 1.71. The molecular formula is C21H30N2O. The average molecular weight is 326 g/mol. The van der Waals surface area contributed by atoms with E-state index in [2.05, 4.69) is 42.6 Å². The molecule has 24 heavy (non-hydrogen) atoms. The maximum atomic E-state index is 6.13. The molecular weight excluding hydrogens is 296 g/mol. The number of hydrogen-bond donors (Lipinski definition) is 2. The van der Waals surface area contributed by atoms with Gasteiger partial charge < -0.3 is 15.8 Å². The third kappa shape index (κ3) is 6.63. The van der Waals surface area contributed by atoms with Crippen molar-refractivity contribution in [2.45, 2.75) is 39.0 Å². The van der Waals surface area contributed by atoms with Gasteiger partial charge in [0.25, 0.3) is 0 Å². The lowest BCUT2D eigenvalue weighted by Gasteiger charge is -2.11. The van der Waals surface area contributed by atoms with Crippen LogP contribution in [0.3, 0.4) is 0 Å². The van der Waals surface area contributed by atoms with E-state index < -0.39 is 0 Å². The van der Waals surface area contributed by atoms with Crippen molar-refractivity contribution in [1.82, 2.24) is 5.32 Å². The van der Waals surface area contributed by atoms with Gasteiger partial charge in [-0.1, -0.05) is 49.7 Å². The number of nitrogens with one attached hydrogen (secondary N) is 1. The van der Waals surface area contributed by atoms with Gasteiger partial charge in [-0.15, -0.1) is 0 Å². The molecule has 0 saturated heterocycles. The summed E-state index contributed by atoms with van der Waals surface area (Å²) in [6.07, 6.45) is 5.58. The van der Waals surface area contributed by atoms with Crippen LogP contribution in [0.5, 0.6) is 5.75 Å². The van der Waals surface area contributed by atoms with E-state index in [1.807, 2.05) is 18.2 Å². The summed E-state index contributed by atoms with van der Waals surface area (Å²) in [5.74, 6) is 0.788. The minimum atomic E-state index is 0.648. The molecule has 2 aromatic carbocycles. The second-order valence-electron chi connectivity index (χ2n) is 6.16. The highest BCUT2D eigenvalue weighted by Crippen LogP contribution is 2.23.